The van der Waals surface area contributed by atoms with Crippen molar-refractivity contribution in [2.75, 3.05) is 33.0 Å². The Balaban J connectivity index is 5.82. The van der Waals surface area contributed by atoms with Crippen LogP contribution in [-0.2, 0) is 42.9 Å². The van der Waals surface area contributed by atoms with E-state index in [1.807, 2.05) is 0 Å². The first-order valence-corrected chi connectivity index (χ1v) is 11.3. The molecule has 0 spiro atoms. The van der Waals surface area contributed by atoms with Gasteiger partial charge in [-0.3, -0.25) is 10.1 Å². The van der Waals surface area contributed by atoms with Gasteiger partial charge in [0.25, 0.3) is 0 Å². The maximum absolute atomic E-state index is 12.7. The highest BCUT2D eigenvalue weighted by molar-refractivity contribution is 6.07. The van der Waals surface area contributed by atoms with Gasteiger partial charge in [0.15, 0.2) is 0 Å². The number of unbranched alkanes of at least 4 members (excludes halogenated alkanes) is 1. The second kappa shape index (κ2) is 15.2. The summed E-state index contributed by atoms with van der Waals surface area (Å²) in [5.74, 6) is -4.03. The maximum atomic E-state index is 12.7. The SMILES string of the molecule is CCNC(CCCCC(NC(C)=O)(C(=O)OCC)C(=O)OCC)(C(=O)OCC)C(=O)OCC. The number of amides is 1. The van der Waals surface area contributed by atoms with E-state index in [2.05, 4.69) is 10.6 Å². The van der Waals surface area contributed by atoms with Crippen LogP contribution in [0.4, 0.5) is 0 Å². The average molecular weight is 475 g/mol. The van der Waals surface area contributed by atoms with Crippen LogP contribution in [0.1, 0.15) is 67.2 Å². The first-order chi connectivity index (χ1) is 15.6. The Labute approximate surface area is 195 Å². The van der Waals surface area contributed by atoms with Crippen LogP contribution in [0.2, 0.25) is 0 Å². The molecule has 0 unspecified atom stereocenters. The van der Waals surface area contributed by atoms with Crippen LogP contribution in [0.5, 0.6) is 0 Å². The third-order valence-corrected chi connectivity index (χ3v) is 4.72. The van der Waals surface area contributed by atoms with Crippen LogP contribution in [0, 0.1) is 0 Å². The first kappa shape index (κ1) is 30.3. The number of ether oxygens (including phenoxy) is 4. The van der Waals surface area contributed by atoms with E-state index in [4.69, 9.17) is 18.9 Å². The van der Waals surface area contributed by atoms with E-state index in [-0.39, 0.29) is 52.1 Å². The lowest BCUT2D eigenvalue weighted by atomic mass is 9.87. The molecule has 0 radical (unpaired) electrons. The monoisotopic (exact) mass is 474 g/mol. The molecule has 0 saturated carbocycles. The fourth-order valence-electron chi connectivity index (χ4n) is 3.37. The minimum atomic E-state index is -2.04. The molecule has 0 saturated heterocycles. The molecule has 33 heavy (non-hydrogen) atoms. The van der Waals surface area contributed by atoms with Crippen molar-refractivity contribution in [3.63, 3.8) is 0 Å². The minimum Gasteiger partial charge on any atom is -0.464 e. The number of hydrogen-bond acceptors (Lipinski definition) is 10. The van der Waals surface area contributed by atoms with Crippen LogP contribution < -0.4 is 10.6 Å². The van der Waals surface area contributed by atoms with Gasteiger partial charge in [-0.15, -0.1) is 0 Å². The molecule has 190 valence electrons. The lowest BCUT2D eigenvalue weighted by molar-refractivity contribution is -0.170. The van der Waals surface area contributed by atoms with Gasteiger partial charge in [-0.05, 0) is 53.5 Å². The lowest BCUT2D eigenvalue weighted by Gasteiger charge is -2.31. The summed E-state index contributed by atoms with van der Waals surface area (Å²) in [6.45, 7) is 9.73. The van der Waals surface area contributed by atoms with Crippen molar-refractivity contribution in [3.05, 3.63) is 0 Å². The van der Waals surface area contributed by atoms with Crippen LogP contribution in [0.3, 0.4) is 0 Å². The maximum Gasteiger partial charge on any atom is 0.343 e. The van der Waals surface area contributed by atoms with Crippen LogP contribution in [0.25, 0.3) is 0 Å². The van der Waals surface area contributed by atoms with Crippen molar-refractivity contribution >= 4 is 29.8 Å². The molecular formula is C22H38N2O9. The molecule has 0 aliphatic carbocycles. The van der Waals surface area contributed by atoms with Crippen molar-refractivity contribution in [2.24, 2.45) is 0 Å². The van der Waals surface area contributed by atoms with Crippen LogP contribution >= 0.6 is 0 Å². The zero-order valence-corrected chi connectivity index (χ0v) is 20.5. The Hall–Kier alpha value is -2.69. The van der Waals surface area contributed by atoms with E-state index in [1.54, 1.807) is 34.6 Å². The van der Waals surface area contributed by atoms with E-state index in [0.29, 0.717) is 6.54 Å². The van der Waals surface area contributed by atoms with Gasteiger partial charge >= 0.3 is 23.9 Å². The van der Waals surface area contributed by atoms with E-state index in [1.165, 1.54) is 6.92 Å². The van der Waals surface area contributed by atoms with Gasteiger partial charge in [0.2, 0.25) is 17.0 Å². The topological polar surface area (TPSA) is 146 Å². The molecule has 0 rings (SSSR count). The summed E-state index contributed by atoms with van der Waals surface area (Å²) in [5.41, 5.74) is -3.77. The molecular weight excluding hydrogens is 436 g/mol. The van der Waals surface area contributed by atoms with Gasteiger partial charge in [-0.2, -0.15) is 0 Å². The molecule has 0 aromatic heterocycles. The Kier molecular flexibility index (Phi) is 14.0. The summed E-state index contributed by atoms with van der Waals surface area (Å²) in [7, 11) is 0. The highest BCUT2D eigenvalue weighted by Crippen LogP contribution is 2.24. The Morgan fingerprint density at radius 3 is 1.24 bits per heavy atom. The molecule has 0 fully saturated rings. The number of esters is 4. The highest BCUT2D eigenvalue weighted by atomic mass is 16.6. The summed E-state index contributed by atoms with van der Waals surface area (Å²) < 4.78 is 20.3. The van der Waals surface area contributed by atoms with Crippen molar-refractivity contribution in [1.29, 1.82) is 0 Å². The molecule has 0 aliphatic rings. The van der Waals surface area contributed by atoms with Gasteiger partial charge < -0.3 is 24.3 Å². The van der Waals surface area contributed by atoms with E-state index in [0.717, 1.165) is 0 Å². The van der Waals surface area contributed by atoms with Crippen LogP contribution in [0.15, 0.2) is 0 Å². The molecule has 0 heterocycles. The largest absolute Gasteiger partial charge is 0.464 e. The summed E-state index contributed by atoms with van der Waals surface area (Å²) >= 11 is 0. The molecule has 0 aromatic rings. The number of rotatable bonds is 16. The number of likely N-dealkylation sites (N-methyl/N-ethyl adjacent to an activating group) is 1. The number of nitrogens with one attached hydrogen (secondary N) is 2. The van der Waals surface area contributed by atoms with Gasteiger partial charge in [-0.25, -0.2) is 19.2 Å². The second-order valence-electron chi connectivity index (χ2n) is 7.11. The lowest BCUT2D eigenvalue weighted by Crippen LogP contribution is -2.61. The first-order valence-electron chi connectivity index (χ1n) is 11.3. The van der Waals surface area contributed by atoms with Gasteiger partial charge in [0.05, 0.1) is 26.4 Å². The molecule has 0 aliphatic heterocycles. The normalized spacial score (nSPS) is 11.3. The second-order valence-corrected chi connectivity index (χ2v) is 7.11. The summed E-state index contributed by atoms with van der Waals surface area (Å²) in [6.07, 6.45) is 0.215. The quantitative estimate of drug-likeness (QED) is 0.144. The third-order valence-electron chi connectivity index (χ3n) is 4.72. The average Bonchev–Trinajstić information content (AvgIpc) is 2.75. The van der Waals surface area contributed by atoms with E-state index in [9.17, 15) is 24.0 Å². The van der Waals surface area contributed by atoms with Gasteiger partial charge in [0.1, 0.15) is 0 Å². The third kappa shape index (κ3) is 8.30. The Morgan fingerprint density at radius 2 is 0.939 bits per heavy atom. The molecule has 11 nitrogen and oxygen atoms in total. The number of carbonyl (C=O) groups is 5. The summed E-state index contributed by atoms with van der Waals surface area (Å²) in [6, 6.07) is 0. The standard InChI is InChI=1S/C22H38N2O9/c1-7-23-21(17(26)30-8-2,18(27)31-9-3)14-12-13-15-22(24-16(6)25,19(28)32-10-4)20(29)33-11-5/h23H,7-15H2,1-6H3,(H,24,25). The molecule has 0 bridgehead atoms. The predicted molar refractivity (Wildman–Crippen MR) is 118 cm³/mol. The van der Waals surface area contributed by atoms with Crippen molar-refractivity contribution in [1.82, 2.24) is 10.6 Å². The summed E-state index contributed by atoms with van der Waals surface area (Å²) in [4.78, 5) is 62.6. The molecule has 2 N–H and O–H groups in total. The summed E-state index contributed by atoms with van der Waals surface area (Å²) in [5, 5.41) is 5.26. The van der Waals surface area contributed by atoms with Crippen molar-refractivity contribution in [2.45, 2.75) is 78.3 Å². The zero-order valence-electron chi connectivity index (χ0n) is 20.5. The molecule has 0 aromatic carbocycles. The highest BCUT2D eigenvalue weighted by Gasteiger charge is 2.51. The van der Waals surface area contributed by atoms with E-state index < -0.39 is 40.9 Å². The van der Waals surface area contributed by atoms with Crippen LogP contribution in [-0.4, -0.2) is 73.8 Å². The molecule has 0 atom stereocenters. The fraction of sp³-hybridized carbons (Fsp3) is 0.773. The van der Waals surface area contributed by atoms with Gasteiger partial charge in [-0.1, -0.05) is 13.3 Å². The Bertz CT molecular complexity index is 643. The Morgan fingerprint density at radius 1 is 0.606 bits per heavy atom. The number of carbonyl (C=O) groups excluding carboxylic acids is 5. The van der Waals surface area contributed by atoms with E-state index >= 15 is 0 Å². The predicted octanol–water partition coefficient (Wildman–Crippen LogP) is 1.02. The zero-order chi connectivity index (χ0) is 25.5. The van der Waals surface area contributed by atoms with Crippen molar-refractivity contribution in [3.8, 4) is 0 Å². The molecule has 11 heteroatoms. The van der Waals surface area contributed by atoms with Crippen molar-refractivity contribution < 1.29 is 42.9 Å². The fourth-order valence-corrected chi connectivity index (χ4v) is 3.37. The van der Waals surface area contributed by atoms with Gasteiger partial charge in [0, 0.05) is 6.92 Å². The molecule has 1 amide bonds. The number of hydrogen-bond donors (Lipinski definition) is 2. The minimum absolute atomic E-state index is 0.00514. The smallest absolute Gasteiger partial charge is 0.343 e.